The summed E-state index contributed by atoms with van der Waals surface area (Å²) in [6.07, 6.45) is 0.438. The third kappa shape index (κ3) is 4.52. The summed E-state index contributed by atoms with van der Waals surface area (Å²) in [5, 5.41) is 0. The van der Waals surface area contributed by atoms with Gasteiger partial charge in [-0.3, -0.25) is 4.72 Å². The summed E-state index contributed by atoms with van der Waals surface area (Å²) >= 11 is 0. The van der Waals surface area contributed by atoms with Crippen molar-refractivity contribution in [2.24, 2.45) is 5.73 Å². The molecule has 9 heteroatoms. The lowest BCUT2D eigenvalue weighted by molar-refractivity contribution is 0.148. The summed E-state index contributed by atoms with van der Waals surface area (Å²) in [6.45, 7) is 0. The van der Waals surface area contributed by atoms with E-state index in [-0.39, 0.29) is 5.56 Å². The molecular formula is C22H19F3N2O3S. The molecule has 1 aliphatic rings. The summed E-state index contributed by atoms with van der Waals surface area (Å²) < 4.78 is 72.3. The first kappa shape index (κ1) is 21.2. The van der Waals surface area contributed by atoms with E-state index in [0.29, 0.717) is 23.9 Å². The van der Waals surface area contributed by atoms with Crippen molar-refractivity contribution in [1.29, 1.82) is 0 Å². The molecule has 31 heavy (non-hydrogen) atoms. The number of hydrogen-bond donors (Lipinski definition) is 2. The molecule has 0 bridgehead atoms. The molecule has 0 amide bonds. The molecule has 0 spiro atoms. The fraction of sp³-hybridized carbons (Fsp3) is 0.182. The molecule has 0 fully saturated rings. The number of benzene rings is 3. The van der Waals surface area contributed by atoms with Crippen LogP contribution in [0.25, 0.3) is 11.1 Å². The normalized spacial score (nSPS) is 18.2. The molecule has 2 atom stereocenters. The summed E-state index contributed by atoms with van der Waals surface area (Å²) in [5.74, 6) is -2.90. The Morgan fingerprint density at radius 3 is 2.42 bits per heavy atom. The average molecular weight is 448 g/mol. The summed E-state index contributed by atoms with van der Waals surface area (Å²) in [7, 11) is -3.41. The Labute approximate surface area is 177 Å². The van der Waals surface area contributed by atoms with Crippen molar-refractivity contribution in [3.05, 3.63) is 83.2 Å². The van der Waals surface area contributed by atoms with Gasteiger partial charge in [0.1, 0.15) is 17.7 Å². The second-order valence-corrected chi connectivity index (χ2v) is 9.22. The van der Waals surface area contributed by atoms with E-state index in [4.69, 9.17) is 10.5 Å². The molecule has 1 aliphatic heterocycles. The monoisotopic (exact) mass is 448 g/mol. The minimum atomic E-state index is -3.41. The van der Waals surface area contributed by atoms with Gasteiger partial charge in [0.2, 0.25) is 10.0 Å². The number of anilines is 1. The second kappa shape index (κ2) is 7.90. The summed E-state index contributed by atoms with van der Waals surface area (Å²) in [4.78, 5) is 0. The van der Waals surface area contributed by atoms with Crippen molar-refractivity contribution in [2.75, 3.05) is 11.0 Å². The number of nitrogens with one attached hydrogen (secondary N) is 1. The van der Waals surface area contributed by atoms with Crippen LogP contribution >= 0.6 is 0 Å². The van der Waals surface area contributed by atoms with Gasteiger partial charge >= 0.3 is 0 Å². The molecule has 0 radical (unpaired) electrons. The van der Waals surface area contributed by atoms with E-state index in [1.807, 2.05) is 12.1 Å². The predicted octanol–water partition coefficient (Wildman–Crippen LogP) is 4.15. The SMILES string of the molecule is CS(=O)(=O)Nc1cccc(-c2ccc3c(c2)C[C@@H](N)[C@H](c2cc(F)c(F)cc2F)O3)c1. The number of ether oxygens (including phenoxy) is 1. The number of sulfonamides is 1. The fourth-order valence-electron chi connectivity index (χ4n) is 3.65. The molecule has 0 saturated carbocycles. The summed E-state index contributed by atoms with van der Waals surface area (Å²) in [6, 6.07) is 12.8. The van der Waals surface area contributed by atoms with Gasteiger partial charge in [-0.15, -0.1) is 0 Å². The van der Waals surface area contributed by atoms with Crippen molar-refractivity contribution < 1.29 is 26.3 Å². The number of nitrogens with two attached hydrogens (primary N) is 1. The minimum Gasteiger partial charge on any atom is -0.484 e. The molecule has 0 aromatic heterocycles. The van der Waals surface area contributed by atoms with Crippen LogP contribution in [0.4, 0.5) is 18.9 Å². The van der Waals surface area contributed by atoms with Crippen molar-refractivity contribution in [2.45, 2.75) is 18.6 Å². The van der Waals surface area contributed by atoms with E-state index in [1.54, 1.807) is 30.3 Å². The van der Waals surface area contributed by atoms with E-state index >= 15 is 0 Å². The molecule has 162 valence electrons. The first-order valence-corrected chi connectivity index (χ1v) is 11.3. The van der Waals surface area contributed by atoms with Gasteiger partial charge in [0.05, 0.1) is 12.3 Å². The Hall–Kier alpha value is -3.04. The standard InChI is InChI=1S/C22H19F3N2O3S/c1-31(28,29)27-15-4-2-3-12(8-15)13-5-6-21-14(7-13)9-20(26)22(30-21)16-10-18(24)19(25)11-17(16)23/h2-8,10-11,20,22,27H,9,26H2,1H3/t20-,22+/m1/s1. The second-order valence-electron chi connectivity index (χ2n) is 7.47. The smallest absolute Gasteiger partial charge is 0.229 e. The van der Waals surface area contributed by atoms with Crippen molar-refractivity contribution in [3.63, 3.8) is 0 Å². The van der Waals surface area contributed by atoms with E-state index < -0.39 is 39.6 Å². The lowest BCUT2D eigenvalue weighted by Gasteiger charge is -2.32. The highest BCUT2D eigenvalue weighted by molar-refractivity contribution is 7.92. The van der Waals surface area contributed by atoms with Crippen LogP contribution in [0.2, 0.25) is 0 Å². The Balaban J connectivity index is 1.64. The minimum absolute atomic E-state index is 0.138. The Morgan fingerprint density at radius 1 is 0.968 bits per heavy atom. The third-order valence-electron chi connectivity index (χ3n) is 5.00. The van der Waals surface area contributed by atoms with Gasteiger partial charge in [-0.25, -0.2) is 21.6 Å². The molecule has 4 rings (SSSR count). The van der Waals surface area contributed by atoms with E-state index in [9.17, 15) is 21.6 Å². The molecule has 0 aliphatic carbocycles. The zero-order chi connectivity index (χ0) is 22.3. The maximum atomic E-state index is 14.2. The quantitative estimate of drug-likeness (QED) is 0.588. The Bertz CT molecular complexity index is 1260. The lowest BCUT2D eigenvalue weighted by Crippen LogP contribution is -2.38. The van der Waals surface area contributed by atoms with Crippen molar-refractivity contribution in [3.8, 4) is 16.9 Å². The third-order valence-corrected chi connectivity index (χ3v) is 5.61. The molecule has 0 unspecified atom stereocenters. The first-order valence-electron chi connectivity index (χ1n) is 9.38. The predicted molar refractivity (Wildman–Crippen MR) is 112 cm³/mol. The highest BCUT2D eigenvalue weighted by Gasteiger charge is 2.32. The molecule has 0 saturated heterocycles. The van der Waals surface area contributed by atoms with E-state index in [1.165, 1.54) is 0 Å². The van der Waals surface area contributed by atoms with Gasteiger partial charge in [-0.1, -0.05) is 18.2 Å². The van der Waals surface area contributed by atoms with Gasteiger partial charge in [0.25, 0.3) is 0 Å². The summed E-state index contributed by atoms with van der Waals surface area (Å²) in [5.41, 5.74) is 8.83. The van der Waals surface area contributed by atoms with Crippen LogP contribution in [0.1, 0.15) is 17.2 Å². The van der Waals surface area contributed by atoms with Crippen LogP contribution in [-0.4, -0.2) is 20.7 Å². The molecule has 5 nitrogen and oxygen atoms in total. The van der Waals surface area contributed by atoms with Crippen molar-refractivity contribution >= 4 is 15.7 Å². The number of fused-ring (bicyclic) bond motifs is 1. The van der Waals surface area contributed by atoms with E-state index in [2.05, 4.69) is 4.72 Å². The number of halogens is 3. The number of hydrogen-bond acceptors (Lipinski definition) is 4. The molecular weight excluding hydrogens is 429 g/mol. The van der Waals surface area contributed by atoms with Crippen LogP contribution in [-0.2, 0) is 16.4 Å². The largest absolute Gasteiger partial charge is 0.484 e. The first-order chi connectivity index (χ1) is 14.6. The van der Waals surface area contributed by atoms with Gasteiger partial charge in [0.15, 0.2) is 11.6 Å². The van der Waals surface area contributed by atoms with Crippen molar-refractivity contribution in [1.82, 2.24) is 0 Å². The number of rotatable bonds is 4. The van der Waals surface area contributed by atoms with Gasteiger partial charge in [0, 0.05) is 17.3 Å². The average Bonchev–Trinajstić information content (AvgIpc) is 2.69. The van der Waals surface area contributed by atoms with Crippen LogP contribution in [0.15, 0.2) is 54.6 Å². The Kier molecular flexibility index (Phi) is 5.40. The van der Waals surface area contributed by atoms with Gasteiger partial charge in [-0.2, -0.15) is 0 Å². The highest BCUT2D eigenvalue weighted by Crippen LogP contribution is 2.38. The topological polar surface area (TPSA) is 81.4 Å². The molecule has 3 aromatic rings. The molecule has 3 aromatic carbocycles. The maximum absolute atomic E-state index is 14.2. The van der Waals surface area contributed by atoms with E-state index in [0.717, 1.165) is 29.0 Å². The van der Waals surface area contributed by atoms with Crippen LogP contribution in [0.3, 0.4) is 0 Å². The van der Waals surface area contributed by atoms with Gasteiger partial charge in [-0.05, 0) is 53.4 Å². The lowest BCUT2D eigenvalue weighted by atomic mass is 9.91. The van der Waals surface area contributed by atoms with Crippen LogP contribution in [0.5, 0.6) is 5.75 Å². The zero-order valence-electron chi connectivity index (χ0n) is 16.4. The zero-order valence-corrected chi connectivity index (χ0v) is 17.2. The van der Waals surface area contributed by atoms with Gasteiger partial charge < -0.3 is 10.5 Å². The molecule has 1 heterocycles. The molecule has 3 N–H and O–H groups in total. The highest BCUT2D eigenvalue weighted by atomic mass is 32.2. The van der Waals surface area contributed by atoms with Crippen LogP contribution in [0, 0.1) is 17.5 Å². The fourth-order valence-corrected chi connectivity index (χ4v) is 4.20. The van der Waals surface area contributed by atoms with Crippen LogP contribution < -0.4 is 15.2 Å². The Morgan fingerprint density at radius 2 is 1.68 bits per heavy atom. The maximum Gasteiger partial charge on any atom is 0.229 e.